The van der Waals surface area contributed by atoms with Gasteiger partial charge in [-0.25, -0.2) is 4.79 Å². The maximum Gasteiger partial charge on any atom is 0.378 e. The van der Waals surface area contributed by atoms with Crippen molar-refractivity contribution in [1.82, 2.24) is 0 Å². The average Bonchev–Trinajstić information content (AvgIpc) is 2.92. The van der Waals surface area contributed by atoms with Gasteiger partial charge in [-0.15, -0.1) is 0 Å². The lowest BCUT2D eigenvalue weighted by molar-refractivity contribution is -0.151. The molecular weight excluding hydrogens is 340 g/mol. The van der Waals surface area contributed by atoms with Crippen LogP contribution in [0, 0.1) is 6.92 Å². The standard InChI is InChI=1S/C23H20O4/c1-3-23(21(25)20(24)22(26)27-23)17-10-8-15(9-11-17)19-13-14(2)12-16-6-4-5-7-18(16)19/h4-13,24-25H,3H2,1-2H3. The molecule has 2 N–H and O–H groups in total. The Morgan fingerprint density at radius 3 is 2.33 bits per heavy atom. The third kappa shape index (κ3) is 2.56. The van der Waals surface area contributed by atoms with Crippen LogP contribution in [0.4, 0.5) is 0 Å². The van der Waals surface area contributed by atoms with Gasteiger partial charge in [0.15, 0.2) is 11.4 Å². The number of hydrogen-bond donors (Lipinski definition) is 2. The van der Waals surface area contributed by atoms with Crippen LogP contribution in [-0.2, 0) is 15.1 Å². The largest absolute Gasteiger partial charge is 0.505 e. The minimum absolute atomic E-state index is 0.321. The fourth-order valence-corrected chi connectivity index (χ4v) is 3.80. The number of aliphatic hydroxyl groups excluding tert-OH is 2. The zero-order chi connectivity index (χ0) is 19.2. The Morgan fingerprint density at radius 2 is 1.70 bits per heavy atom. The van der Waals surface area contributed by atoms with Crippen LogP contribution < -0.4 is 0 Å². The van der Waals surface area contributed by atoms with E-state index in [2.05, 4.69) is 31.2 Å². The zero-order valence-corrected chi connectivity index (χ0v) is 15.2. The van der Waals surface area contributed by atoms with Crippen molar-refractivity contribution in [1.29, 1.82) is 0 Å². The summed E-state index contributed by atoms with van der Waals surface area (Å²) in [4.78, 5) is 11.7. The molecule has 4 rings (SSSR count). The SMILES string of the molecule is CCC1(c2ccc(-c3cc(C)cc4ccccc34)cc2)OC(=O)C(O)=C1O. The van der Waals surface area contributed by atoms with Crippen molar-refractivity contribution >= 4 is 16.7 Å². The van der Waals surface area contributed by atoms with E-state index >= 15 is 0 Å². The highest BCUT2D eigenvalue weighted by atomic mass is 16.6. The summed E-state index contributed by atoms with van der Waals surface area (Å²) in [6.07, 6.45) is 0.321. The molecule has 0 saturated heterocycles. The van der Waals surface area contributed by atoms with Gasteiger partial charge in [0.2, 0.25) is 5.76 Å². The molecular formula is C23H20O4. The van der Waals surface area contributed by atoms with Crippen molar-refractivity contribution in [3.05, 3.63) is 83.3 Å². The molecule has 0 spiro atoms. The molecule has 1 atom stereocenters. The van der Waals surface area contributed by atoms with E-state index < -0.39 is 23.1 Å². The second kappa shape index (κ2) is 6.16. The molecule has 0 radical (unpaired) electrons. The number of cyclic esters (lactones) is 1. The minimum atomic E-state index is -1.33. The lowest BCUT2D eigenvalue weighted by Gasteiger charge is -2.27. The Bertz CT molecular complexity index is 1080. The summed E-state index contributed by atoms with van der Waals surface area (Å²) >= 11 is 0. The van der Waals surface area contributed by atoms with Crippen LogP contribution in [0.1, 0.15) is 24.5 Å². The van der Waals surface area contributed by atoms with Crippen molar-refractivity contribution in [2.75, 3.05) is 0 Å². The van der Waals surface area contributed by atoms with Crippen molar-refractivity contribution in [2.24, 2.45) is 0 Å². The Kier molecular flexibility index (Phi) is 3.92. The number of aryl methyl sites for hydroxylation is 1. The first-order valence-electron chi connectivity index (χ1n) is 8.92. The van der Waals surface area contributed by atoms with Crippen molar-refractivity contribution < 1.29 is 19.7 Å². The third-order valence-corrected chi connectivity index (χ3v) is 5.23. The summed E-state index contributed by atoms with van der Waals surface area (Å²) < 4.78 is 5.33. The van der Waals surface area contributed by atoms with E-state index in [0.29, 0.717) is 12.0 Å². The van der Waals surface area contributed by atoms with Crippen LogP contribution in [-0.4, -0.2) is 16.2 Å². The van der Waals surface area contributed by atoms with Crippen LogP contribution in [0.25, 0.3) is 21.9 Å². The molecule has 1 unspecified atom stereocenters. The molecule has 4 nitrogen and oxygen atoms in total. The predicted octanol–water partition coefficient (Wildman–Crippen LogP) is 5.30. The average molecular weight is 360 g/mol. The quantitative estimate of drug-likeness (QED) is 0.622. The molecule has 0 saturated carbocycles. The van der Waals surface area contributed by atoms with Gasteiger partial charge < -0.3 is 14.9 Å². The Hall–Kier alpha value is -3.27. The van der Waals surface area contributed by atoms with E-state index in [1.54, 1.807) is 6.92 Å². The van der Waals surface area contributed by atoms with Gasteiger partial charge in [0.1, 0.15) is 0 Å². The topological polar surface area (TPSA) is 66.8 Å². The highest BCUT2D eigenvalue weighted by Crippen LogP contribution is 2.42. The number of hydrogen-bond acceptors (Lipinski definition) is 4. The first kappa shape index (κ1) is 17.2. The van der Waals surface area contributed by atoms with Crippen molar-refractivity contribution in [2.45, 2.75) is 25.9 Å². The van der Waals surface area contributed by atoms with E-state index in [-0.39, 0.29) is 0 Å². The Labute approximate surface area is 157 Å². The van der Waals surface area contributed by atoms with Gasteiger partial charge in [0.05, 0.1) is 0 Å². The van der Waals surface area contributed by atoms with Gasteiger partial charge >= 0.3 is 5.97 Å². The lowest BCUT2D eigenvalue weighted by atomic mass is 9.87. The number of benzene rings is 3. The van der Waals surface area contributed by atoms with E-state index in [1.165, 1.54) is 10.9 Å². The van der Waals surface area contributed by atoms with Crippen LogP contribution in [0.15, 0.2) is 72.2 Å². The van der Waals surface area contributed by atoms with Gasteiger partial charge in [-0.3, -0.25) is 0 Å². The van der Waals surface area contributed by atoms with Crippen molar-refractivity contribution in [3.8, 4) is 11.1 Å². The van der Waals surface area contributed by atoms with Crippen molar-refractivity contribution in [3.63, 3.8) is 0 Å². The third-order valence-electron chi connectivity index (χ3n) is 5.23. The van der Waals surface area contributed by atoms with Crippen LogP contribution in [0.5, 0.6) is 0 Å². The molecule has 27 heavy (non-hydrogen) atoms. The monoisotopic (exact) mass is 360 g/mol. The van der Waals surface area contributed by atoms with E-state index in [4.69, 9.17) is 4.74 Å². The van der Waals surface area contributed by atoms with Gasteiger partial charge in [-0.2, -0.15) is 0 Å². The summed E-state index contributed by atoms with van der Waals surface area (Å²) in [5.41, 5.74) is 2.62. The molecule has 1 heterocycles. The molecule has 1 aliphatic rings. The van der Waals surface area contributed by atoms with Gasteiger partial charge in [0, 0.05) is 5.56 Å². The summed E-state index contributed by atoms with van der Waals surface area (Å²) in [7, 11) is 0. The normalized spacial score (nSPS) is 19.6. The number of ether oxygens (including phenoxy) is 1. The molecule has 0 aromatic heterocycles. The molecule has 3 aromatic rings. The number of rotatable bonds is 3. The summed E-state index contributed by atoms with van der Waals surface area (Å²) in [6, 6.07) is 20.1. The van der Waals surface area contributed by atoms with E-state index in [0.717, 1.165) is 16.5 Å². The van der Waals surface area contributed by atoms with Crippen LogP contribution >= 0.6 is 0 Å². The summed E-state index contributed by atoms with van der Waals surface area (Å²) in [5, 5.41) is 22.3. The van der Waals surface area contributed by atoms with E-state index in [1.807, 2.05) is 36.4 Å². The number of carbonyl (C=O) groups excluding carboxylic acids is 1. The molecule has 1 aliphatic heterocycles. The second-order valence-electron chi connectivity index (χ2n) is 6.88. The maximum atomic E-state index is 11.7. The van der Waals surface area contributed by atoms with Gasteiger partial charge in [0.25, 0.3) is 0 Å². The Balaban J connectivity index is 1.82. The van der Waals surface area contributed by atoms with Gasteiger partial charge in [-0.1, -0.05) is 67.6 Å². The predicted molar refractivity (Wildman–Crippen MR) is 104 cm³/mol. The smallest absolute Gasteiger partial charge is 0.378 e. The van der Waals surface area contributed by atoms with Crippen LogP contribution in [0.2, 0.25) is 0 Å². The molecule has 136 valence electrons. The van der Waals surface area contributed by atoms with Gasteiger partial charge in [-0.05, 0) is 40.8 Å². The first-order chi connectivity index (χ1) is 13.0. The van der Waals surface area contributed by atoms with E-state index in [9.17, 15) is 15.0 Å². The fourth-order valence-electron chi connectivity index (χ4n) is 3.80. The number of aliphatic hydroxyl groups is 2. The molecule has 3 aromatic carbocycles. The lowest BCUT2D eigenvalue weighted by Crippen LogP contribution is -2.28. The summed E-state index contributed by atoms with van der Waals surface area (Å²) in [6.45, 7) is 3.87. The number of carbonyl (C=O) groups is 1. The Morgan fingerprint density at radius 1 is 1.00 bits per heavy atom. The zero-order valence-electron chi connectivity index (χ0n) is 15.2. The first-order valence-corrected chi connectivity index (χ1v) is 8.92. The fraction of sp³-hybridized carbons (Fsp3) is 0.174. The molecule has 0 bridgehead atoms. The minimum Gasteiger partial charge on any atom is -0.505 e. The maximum absolute atomic E-state index is 11.7. The summed E-state index contributed by atoms with van der Waals surface area (Å²) in [5.74, 6) is -2.04. The molecule has 0 fully saturated rings. The number of esters is 1. The highest BCUT2D eigenvalue weighted by Gasteiger charge is 2.49. The second-order valence-corrected chi connectivity index (χ2v) is 6.88. The number of fused-ring (bicyclic) bond motifs is 1. The highest BCUT2D eigenvalue weighted by molar-refractivity contribution is 5.97. The molecule has 4 heteroatoms. The molecule has 0 aliphatic carbocycles. The molecule has 0 amide bonds. The van der Waals surface area contributed by atoms with Crippen LogP contribution in [0.3, 0.4) is 0 Å².